The Balaban J connectivity index is 1.61. The number of thioether (sulfide) groups is 1. The monoisotopic (exact) mass is 435 g/mol. The maximum absolute atomic E-state index is 12.6. The standard InChI is InChI=1S/C24H25N3O3S/c1-16-8-11-19(14-17(16)2)25-22(28)15-27-23(29)21(31-24(27)30)7-5-6-18-9-12-20(13-10-18)26(3)4/h5-14H,15H2,1-4H3,(H,25,28)/b6-5+,21-7+. The van der Waals surface area contributed by atoms with Gasteiger partial charge in [0.05, 0.1) is 4.91 Å². The smallest absolute Gasteiger partial charge is 0.294 e. The molecule has 1 aliphatic rings. The van der Waals surface area contributed by atoms with Gasteiger partial charge in [-0.2, -0.15) is 0 Å². The van der Waals surface area contributed by atoms with Crippen molar-refractivity contribution in [2.45, 2.75) is 13.8 Å². The molecule has 0 spiro atoms. The minimum absolute atomic E-state index is 0.296. The van der Waals surface area contributed by atoms with Crippen molar-refractivity contribution in [1.29, 1.82) is 0 Å². The lowest BCUT2D eigenvalue weighted by atomic mass is 10.1. The van der Waals surface area contributed by atoms with Gasteiger partial charge in [-0.3, -0.25) is 19.3 Å². The number of carbonyl (C=O) groups excluding carboxylic acids is 3. The molecule has 6 nitrogen and oxygen atoms in total. The summed E-state index contributed by atoms with van der Waals surface area (Å²) in [5.41, 5.74) is 4.89. The Morgan fingerprint density at radius 1 is 1.06 bits per heavy atom. The van der Waals surface area contributed by atoms with Gasteiger partial charge in [0.2, 0.25) is 5.91 Å². The van der Waals surface area contributed by atoms with Gasteiger partial charge in [0, 0.05) is 25.5 Å². The highest BCUT2D eigenvalue weighted by Crippen LogP contribution is 2.30. The number of imide groups is 1. The Labute approximate surface area is 186 Å². The summed E-state index contributed by atoms with van der Waals surface area (Å²) >= 11 is 0.837. The van der Waals surface area contributed by atoms with Crippen LogP contribution in [0.5, 0.6) is 0 Å². The van der Waals surface area contributed by atoms with E-state index >= 15 is 0 Å². The molecule has 31 heavy (non-hydrogen) atoms. The molecule has 3 rings (SSSR count). The number of hydrogen-bond acceptors (Lipinski definition) is 5. The van der Waals surface area contributed by atoms with E-state index in [4.69, 9.17) is 0 Å². The molecule has 0 aliphatic carbocycles. The van der Waals surface area contributed by atoms with Gasteiger partial charge in [0.15, 0.2) is 0 Å². The first-order chi connectivity index (χ1) is 14.7. The molecular formula is C24H25N3O3S. The fraction of sp³-hybridized carbons (Fsp3) is 0.208. The van der Waals surface area contributed by atoms with E-state index in [1.54, 1.807) is 18.2 Å². The summed E-state index contributed by atoms with van der Waals surface area (Å²) < 4.78 is 0. The number of amides is 3. The van der Waals surface area contributed by atoms with Crippen LogP contribution in [0.2, 0.25) is 0 Å². The van der Waals surface area contributed by atoms with Gasteiger partial charge in [-0.15, -0.1) is 0 Å². The zero-order valence-corrected chi connectivity index (χ0v) is 18.8. The van der Waals surface area contributed by atoms with E-state index in [1.165, 1.54) is 0 Å². The second kappa shape index (κ2) is 9.66. The maximum atomic E-state index is 12.6. The predicted molar refractivity (Wildman–Crippen MR) is 127 cm³/mol. The number of nitrogens with one attached hydrogen (secondary N) is 1. The number of hydrogen-bond donors (Lipinski definition) is 1. The SMILES string of the molecule is Cc1ccc(NC(=O)CN2C(=O)S/C(=C/C=C/c3ccc(N(C)C)cc3)C2=O)cc1C. The van der Waals surface area contributed by atoms with Crippen molar-refractivity contribution in [3.63, 3.8) is 0 Å². The number of carbonyl (C=O) groups is 3. The van der Waals surface area contributed by atoms with E-state index in [2.05, 4.69) is 5.32 Å². The first-order valence-electron chi connectivity index (χ1n) is 9.81. The summed E-state index contributed by atoms with van der Waals surface area (Å²) in [4.78, 5) is 40.4. The molecule has 1 N–H and O–H groups in total. The van der Waals surface area contributed by atoms with Crippen LogP contribution in [0.1, 0.15) is 16.7 Å². The second-order valence-corrected chi connectivity index (χ2v) is 8.48. The Hall–Kier alpha value is -3.32. The second-order valence-electron chi connectivity index (χ2n) is 7.48. The van der Waals surface area contributed by atoms with E-state index in [1.807, 2.05) is 75.3 Å². The van der Waals surface area contributed by atoms with E-state index in [-0.39, 0.29) is 6.54 Å². The number of rotatable bonds is 6. The number of benzene rings is 2. The molecule has 1 aliphatic heterocycles. The molecule has 160 valence electrons. The van der Waals surface area contributed by atoms with Crippen molar-refractivity contribution in [3.05, 3.63) is 76.2 Å². The van der Waals surface area contributed by atoms with E-state index in [0.717, 1.165) is 39.0 Å². The van der Waals surface area contributed by atoms with Crippen LogP contribution < -0.4 is 10.2 Å². The van der Waals surface area contributed by atoms with Gasteiger partial charge in [-0.05, 0) is 72.6 Å². The van der Waals surface area contributed by atoms with Crippen LogP contribution in [0.4, 0.5) is 16.2 Å². The van der Waals surface area contributed by atoms with Crippen molar-refractivity contribution in [3.8, 4) is 0 Å². The van der Waals surface area contributed by atoms with Gasteiger partial charge < -0.3 is 10.2 Å². The lowest BCUT2D eigenvalue weighted by Crippen LogP contribution is -2.36. The Morgan fingerprint density at radius 2 is 1.77 bits per heavy atom. The fourth-order valence-corrected chi connectivity index (χ4v) is 3.73. The molecule has 2 aromatic carbocycles. The van der Waals surface area contributed by atoms with Gasteiger partial charge in [0.1, 0.15) is 6.54 Å². The third kappa shape index (κ3) is 5.64. The molecule has 0 aromatic heterocycles. The van der Waals surface area contributed by atoms with Crippen molar-refractivity contribution in [2.24, 2.45) is 0 Å². The minimum atomic E-state index is -0.460. The minimum Gasteiger partial charge on any atom is -0.378 e. The van der Waals surface area contributed by atoms with Crippen molar-refractivity contribution in [1.82, 2.24) is 4.90 Å². The molecule has 1 saturated heterocycles. The highest BCUT2D eigenvalue weighted by Gasteiger charge is 2.35. The fourth-order valence-electron chi connectivity index (χ4n) is 2.94. The molecule has 0 bridgehead atoms. The molecule has 3 amide bonds. The van der Waals surface area contributed by atoms with Crippen LogP contribution in [0.15, 0.2) is 59.5 Å². The highest BCUT2D eigenvalue weighted by atomic mass is 32.2. The van der Waals surface area contributed by atoms with Gasteiger partial charge >= 0.3 is 0 Å². The summed E-state index contributed by atoms with van der Waals surface area (Å²) in [6.45, 7) is 3.63. The molecule has 7 heteroatoms. The number of nitrogens with zero attached hydrogens (tertiary/aromatic N) is 2. The third-order valence-corrected chi connectivity index (χ3v) is 5.84. The van der Waals surface area contributed by atoms with E-state index in [0.29, 0.717) is 10.6 Å². The summed E-state index contributed by atoms with van der Waals surface area (Å²) in [5.74, 6) is -0.874. The quantitative estimate of drug-likeness (QED) is 0.672. The first-order valence-corrected chi connectivity index (χ1v) is 10.6. The predicted octanol–water partition coefficient (Wildman–Crippen LogP) is 4.60. The van der Waals surface area contributed by atoms with Crippen molar-refractivity contribution in [2.75, 3.05) is 30.9 Å². The number of anilines is 2. The van der Waals surface area contributed by atoms with Crippen LogP contribution in [0, 0.1) is 13.8 Å². The maximum Gasteiger partial charge on any atom is 0.294 e. The van der Waals surface area contributed by atoms with Crippen LogP contribution >= 0.6 is 11.8 Å². The van der Waals surface area contributed by atoms with Crippen molar-refractivity contribution < 1.29 is 14.4 Å². The summed E-state index contributed by atoms with van der Waals surface area (Å²) in [5, 5.41) is 2.29. The van der Waals surface area contributed by atoms with Gasteiger partial charge in [0.25, 0.3) is 11.1 Å². The third-order valence-electron chi connectivity index (χ3n) is 4.91. The first kappa shape index (κ1) is 22.4. The lowest BCUT2D eigenvalue weighted by Gasteiger charge is -2.13. The topological polar surface area (TPSA) is 69.7 Å². The van der Waals surface area contributed by atoms with Crippen LogP contribution in [0.3, 0.4) is 0 Å². The summed E-state index contributed by atoms with van der Waals surface area (Å²) in [7, 11) is 3.95. The van der Waals surface area contributed by atoms with Crippen LogP contribution in [-0.4, -0.2) is 42.6 Å². The summed E-state index contributed by atoms with van der Waals surface area (Å²) in [6, 6.07) is 13.5. The largest absolute Gasteiger partial charge is 0.378 e. The number of allylic oxidation sites excluding steroid dienone is 2. The normalized spacial score (nSPS) is 15.2. The molecule has 0 radical (unpaired) electrons. The van der Waals surface area contributed by atoms with Crippen LogP contribution in [-0.2, 0) is 9.59 Å². The van der Waals surface area contributed by atoms with E-state index < -0.39 is 17.1 Å². The molecular weight excluding hydrogens is 410 g/mol. The Bertz CT molecular complexity index is 1070. The molecule has 1 heterocycles. The average Bonchev–Trinajstić information content (AvgIpc) is 2.98. The van der Waals surface area contributed by atoms with Gasteiger partial charge in [-0.25, -0.2) is 0 Å². The lowest BCUT2D eigenvalue weighted by molar-refractivity contribution is -0.127. The van der Waals surface area contributed by atoms with E-state index in [9.17, 15) is 14.4 Å². The molecule has 0 atom stereocenters. The molecule has 0 unspecified atom stereocenters. The van der Waals surface area contributed by atoms with Crippen molar-refractivity contribution >= 4 is 46.3 Å². The Kier molecular flexibility index (Phi) is 6.97. The molecule has 2 aromatic rings. The zero-order valence-electron chi connectivity index (χ0n) is 18.0. The molecule has 0 saturated carbocycles. The van der Waals surface area contributed by atoms with Crippen LogP contribution in [0.25, 0.3) is 6.08 Å². The Morgan fingerprint density at radius 3 is 2.42 bits per heavy atom. The zero-order chi connectivity index (χ0) is 22.5. The highest BCUT2D eigenvalue weighted by molar-refractivity contribution is 8.18. The summed E-state index contributed by atoms with van der Waals surface area (Å²) in [6.07, 6.45) is 5.20. The van der Waals surface area contributed by atoms with Gasteiger partial charge in [-0.1, -0.05) is 30.4 Å². The molecule has 1 fully saturated rings. The average molecular weight is 436 g/mol. The number of aryl methyl sites for hydroxylation is 2.